The summed E-state index contributed by atoms with van der Waals surface area (Å²) >= 11 is 0. The van der Waals surface area contributed by atoms with Crippen LogP contribution in [0.5, 0.6) is 11.5 Å². The number of rotatable bonds is 11. The number of hydrogen-bond donors (Lipinski definition) is 1. The van der Waals surface area contributed by atoms with Gasteiger partial charge < -0.3 is 24.4 Å². The molecule has 7 heteroatoms. The fraction of sp³-hybridized carbons (Fsp3) is 0.407. The smallest absolute Gasteiger partial charge is 0.295 e. The Hall–Kier alpha value is -3.32. The van der Waals surface area contributed by atoms with E-state index in [9.17, 15) is 14.7 Å². The van der Waals surface area contributed by atoms with Crippen LogP contribution in [0.2, 0.25) is 0 Å². The van der Waals surface area contributed by atoms with E-state index in [1.807, 2.05) is 38.1 Å². The summed E-state index contributed by atoms with van der Waals surface area (Å²) in [4.78, 5) is 30.1. The van der Waals surface area contributed by atoms with Gasteiger partial charge in [-0.15, -0.1) is 0 Å². The molecule has 0 bridgehead atoms. The zero-order chi connectivity index (χ0) is 24.7. The van der Waals surface area contributed by atoms with Gasteiger partial charge in [-0.3, -0.25) is 9.59 Å². The molecular formula is C27H34N2O5. The largest absolute Gasteiger partial charge is 0.507 e. The Labute approximate surface area is 201 Å². The normalized spacial score (nSPS) is 17.4. The van der Waals surface area contributed by atoms with Gasteiger partial charge in [-0.05, 0) is 56.8 Å². The number of likely N-dealkylation sites (N-methyl/N-ethyl adjacent to an activating group) is 1. The molecule has 1 fully saturated rings. The number of likely N-dealkylation sites (tertiary alicyclic amines) is 1. The highest BCUT2D eigenvalue weighted by Crippen LogP contribution is 2.40. The lowest BCUT2D eigenvalue weighted by Gasteiger charge is -2.28. The van der Waals surface area contributed by atoms with Crippen LogP contribution < -0.4 is 9.47 Å². The van der Waals surface area contributed by atoms with Crippen molar-refractivity contribution in [3.63, 3.8) is 0 Å². The Morgan fingerprint density at radius 2 is 1.59 bits per heavy atom. The van der Waals surface area contributed by atoms with E-state index in [2.05, 4.69) is 18.7 Å². The minimum Gasteiger partial charge on any atom is -0.507 e. The summed E-state index contributed by atoms with van der Waals surface area (Å²) in [5.74, 6) is -0.203. The van der Waals surface area contributed by atoms with Crippen LogP contribution in [0.15, 0.2) is 54.1 Å². The summed E-state index contributed by atoms with van der Waals surface area (Å²) in [6.45, 7) is 11.6. The van der Waals surface area contributed by atoms with Crippen molar-refractivity contribution in [2.24, 2.45) is 0 Å². The molecule has 2 aromatic carbocycles. The van der Waals surface area contributed by atoms with Gasteiger partial charge >= 0.3 is 0 Å². The Kier molecular flexibility index (Phi) is 8.71. The maximum atomic E-state index is 13.2. The van der Waals surface area contributed by atoms with E-state index in [1.54, 1.807) is 29.2 Å². The molecule has 34 heavy (non-hydrogen) atoms. The van der Waals surface area contributed by atoms with Crippen molar-refractivity contribution in [1.82, 2.24) is 9.80 Å². The first-order valence-corrected chi connectivity index (χ1v) is 11.9. The molecule has 1 atom stereocenters. The Morgan fingerprint density at radius 3 is 2.21 bits per heavy atom. The van der Waals surface area contributed by atoms with Crippen molar-refractivity contribution in [2.75, 3.05) is 39.4 Å². The van der Waals surface area contributed by atoms with Gasteiger partial charge in [-0.1, -0.05) is 38.1 Å². The molecule has 1 heterocycles. The standard InChI is InChI=1S/C27H34N2O5/c1-5-28(6-2)16-17-29-24(19-12-14-21(15-13-19)33-7-3)23(26(31)27(29)32)25(30)20-10-9-11-22(18-20)34-8-4/h9-15,18,24,30H,5-8,16-17H2,1-4H3. The number of ether oxygens (including phenoxy) is 2. The Bertz CT molecular complexity index is 1030. The molecule has 3 rings (SSSR count). The molecule has 182 valence electrons. The van der Waals surface area contributed by atoms with Crippen LogP contribution in [0.25, 0.3) is 5.76 Å². The van der Waals surface area contributed by atoms with Crippen LogP contribution in [0, 0.1) is 0 Å². The van der Waals surface area contributed by atoms with Crippen molar-refractivity contribution in [3.8, 4) is 11.5 Å². The van der Waals surface area contributed by atoms with Crippen LogP contribution in [0.3, 0.4) is 0 Å². The molecule has 1 amide bonds. The lowest BCUT2D eigenvalue weighted by atomic mass is 9.95. The number of ketones is 1. The number of aliphatic hydroxyl groups is 1. The molecule has 0 radical (unpaired) electrons. The van der Waals surface area contributed by atoms with Crippen LogP contribution in [0.1, 0.15) is 44.9 Å². The molecule has 0 aliphatic carbocycles. The predicted octanol–water partition coefficient (Wildman–Crippen LogP) is 4.25. The van der Waals surface area contributed by atoms with E-state index in [4.69, 9.17) is 9.47 Å². The summed E-state index contributed by atoms with van der Waals surface area (Å²) < 4.78 is 11.1. The summed E-state index contributed by atoms with van der Waals surface area (Å²) in [5, 5.41) is 11.2. The van der Waals surface area contributed by atoms with E-state index in [-0.39, 0.29) is 11.3 Å². The topological polar surface area (TPSA) is 79.3 Å². The second-order valence-electron chi connectivity index (χ2n) is 7.98. The first-order chi connectivity index (χ1) is 16.4. The molecule has 1 aliphatic heterocycles. The summed E-state index contributed by atoms with van der Waals surface area (Å²) in [6, 6.07) is 13.6. The highest BCUT2D eigenvalue weighted by atomic mass is 16.5. The molecule has 0 spiro atoms. The van der Waals surface area contributed by atoms with Crippen LogP contribution in [-0.4, -0.2) is 66.0 Å². The minimum atomic E-state index is -0.693. The van der Waals surface area contributed by atoms with E-state index >= 15 is 0 Å². The number of carbonyl (C=O) groups excluding carboxylic acids is 2. The SMILES string of the molecule is CCOc1ccc(C2C(=C(O)c3cccc(OCC)c3)C(=O)C(=O)N2CCN(CC)CC)cc1. The second-order valence-corrected chi connectivity index (χ2v) is 7.98. The maximum absolute atomic E-state index is 13.2. The van der Waals surface area contributed by atoms with Gasteiger partial charge in [0, 0.05) is 18.7 Å². The average molecular weight is 467 g/mol. The highest BCUT2D eigenvalue weighted by molar-refractivity contribution is 6.46. The number of Topliss-reactive ketones (excluding diaryl/α,β-unsaturated/α-hetero) is 1. The minimum absolute atomic E-state index is 0.0855. The molecule has 1 aliphatic rings. The third kappa shape index (κ3) is 5.42. The molecule has 7 nitrogen and oxygen atoms in total. The van der Waals surface area contributed by atoms with Gasteiger partial charge in [-0.2, -0.15) is 0 Å². The van der Waals surface area contributed by atoms with Gasteiger partial charge in [0.25, 0.3) is 11.7 Å². The summed E-state index contributed by atoms with van der Waals surface area (Å²) in [5.41, 5.74) is 1.26. The lowest BCUT2D eigenvalue weighted by molar-refractivity contribution is -0.140. The van der Waals surface area contributed by atoms with Gasteiger partial charge in [0.05, 0.1) is 24.8 Å². The van der Waals surface area contributed by atoms with Crippen LogP contribution in [0.4, 0.5) is 0 Å². The Morgan fingerprint density at radius 1 is 0.941 bits per heavy atom. The molecule has 2 aromatic rings. The molecule has 1 N–H and O–H groups in total. The van der Waals surface area contributed by atoms with Gasteiger partial charge in [-0.25, -0.2) is 0 Å². The maximum Gasteiger partial charge on any atom is 0.295 e. The van der Waals surface area contributed by atoms with Crippen molar-refractivity contribution in [1.29, 1.82) is 0 Å². The summed E-state index contributed by atoms with van der Waals surface area (Å²) in [7, 11) is 0. The molecular weight excluding hydrogens is 432 g/mol. The van der Waals surface area contributed by atoms with Gasteiger partial charge in [0.1, 0.15) is 17.3 Å². The van der Waals surface area contributed by atoms with E-state index in [0.29, 0.717) is 43.4 Å². The number of carbonyl (C=O) groups is 2. The molecule has 0 saturated carbocycles. The van der Waals surface area contributed by atoms with Crippen molar-refractivity contribution in [3.05, 3.63) is 65.2 Å². The van der Waals surface area contributed by atoms with Crippen LogP contribution >= 0.6 is 0 Å². The van der Waals surface area contributed by atoms with E-state index in [0.717, 1.165) is 18.7 Å². The van der Waals surface area contributed by atoms with Crippen LogP contribution in [-0.2, 0) is 9.59 Å². The predicted molar refractivity (Wildman–Crippen MR) is 132 cm³/mol. The lowest BCUT2D eigenvalue weighted by Crippen LogP contribution is -2.38. The molecule has 0 aromatic heterocycles. The number of hydrogen-bond acceptors (Lipinski definition) is 6. The fourth-order valence-electron chi connectivity index (χ4n) is 4.21. The fourth-order valence-corrected chi connectivity index (χ4v) is 4.21. The third-order valence-corrected chi connectivity index (χ3v) is 6.02. The molecule has 1 unspecified atom stereocenters. The molecule has 1 saturated heterocycles. The summed E-state index contributed by atoms with van der Waals surface area (Å²) in [6.07, 6.45) is 0. The number of amides is 1. The Balaban J connectivity index is 2.08. The van der Waals surface area contributed by atoms with Gasteiger partial charge in [0.15, 0.2) is 0 Å². The quantitative estimate of drug-likeness (QED) is 0.303. The first-order valence-electron chi connectivity index (χ1n) is 11.9. The van der Waals surface area contributed by atoms with Gasteiger partial charge in [0.2, 0.25) is 0 Å². The van der Waals surface area contributed by atoms with Crippen molar-refractivity contribution < 1.29 is 24.2 Å². The van der Waals surface area contributed by atoms with E-state index < -0.39 is 17.7 Å². The number of nitrogens with zero attached hydrogens (tertiary/aromatic N) is 2. The van der Waals surface area contributed by atoms with Crippen molar-refractivity contribution in [2.45, 2.75) is 33.7 Å². The number of benzene rings is 2. The average Bonchev–Trinajstić information content (AvgIpc) is 3.10. The zero-order valence-corrected chi connectivity index (χ0v) is 20.4. The first kappa shape index (κ1) is 25.3. The monoisotopic (exact) mass is 466 g/mol. The number of aliphatic hydroxyl groups excluding tert-OH is 1. The second kappa shape index (κ2) is 11.7. The highest BCUT2D eigenvalue weighted by Gasteiger charge is 2.46. The van der Waals surface area contributed by atoms with Crippen molar-refractivity contribution >= 4 is 17.4 Å². The zero-order valence-electron chi connectivity index (χ0n) is 20.4. The third-order valence-electron chi connectivity index (χ3n) is 6.02. The van der Waals surface area contributed by atoms with E-state index in [1.165, 1.54) is 0 Å².